The van der Waals surface area contributed by atoms with Crippen LogP contribution in [0.3, 0.4) is 0 Å². The summed E-state index contributed by atoms with van der Waals surface area (Å²) < 4.78 is 0. The molecule has 1 aliphatic rings. The number of halogens is 1. The Morgan fingerprint density at radius 3 is 2.15 bits per heavy atom. The predicted octanol–water partition coefficient (Wildman–Crippen LogP) is 1.58. The van der Waals surface area contributed by atoms with Crippen LogP contribution in [0.4, 0.5) is 0 Å². The Labute approximate surface area is 175 Å². The van der Waals surface area contributed by atoms with E-state index in [-0.39, 0.29) is 47.1 Å². The van der Waals surface area contributed by atoms with Gasteiger partial charge in [0, 0.05) is 39.6 Å². The molecule has 0 aromatic carbocycles. The van der Waals surface area contributed by atoms with Crippen molar-refractivity contribution >= 4 is 41.8 Å². The van der Waals surface area contributed by atoms with E-state index >= 15 is 0 Å². The van der Waals surface area contributed by atoms with Gasteiger partial charge in [-0.1, -0.05) is 26.7 Å². The SMILES string of the molecule is CCNC(=NCC1(C(=O)N(C)C)CCCC1)NCCNC(=O)C(C)C.I. The molecule has 0 unspecified atom stereocenters. The molecule has 7 nitrogen and oxygen atoms in total. The first-order chi connectivity index (χ1) is 11.8. The second-order valence-corrected chi connectivity index (χ2v) is 7.25. The van der Waals surface area contributed by atoms with Gasteiger partial charge in [-0.15, -0.1) is 24.0 Å². The third-order valence-corrected chi connectivity index (χ3v) is 4.55. The molecule has 0 spiro atoms. The van der Waals surface area contributed by atoms with E-state index in [1.54, 1.807) is 4.90 Å². The molecule has 2 amide bonds. The zero-order chi connectivity index (χ0) is 18.9. The molecule has 0 bridgehead atoms. The standard InChI is InChI=1S/C18H35N5O2.HI/c1-6-19-17(21-12-11-20-15(24)14(2)3)22-13-18(9-7-8-10-18)16(25)23(4)5;/h14H,6-13H2,1-5H3,(H,20,24)(H2,19,21,22);1H. The lowest BCUT2D eigenvalue weighted by molar-refractivity contribution is -0.138. The van der Waals surface area contributed by atoms with Gasteiger partial charge in [0.15, 0.2) is 5.96 Å². The van der Waals surface area contributed by atoms with Crippen LogP contribution in [-0.4, -0.2) is 62.9 Å². The van der Waals surface area contributed by atoms with Gasteiger partial charge >= 0.3 is 0 Å². The van der Waals surface area contributed by atoms with Gasteiger partial charge in [-0.05, 0) is 19.8 Å². The number of nitrogens with zero attached hydrogens (tertiary/aromatic N) is 2. The lowest BCUT2D eigenvalue weighted by Gasteiger charge is -2.29. The van der Waals surface area contributed by atoms with Gasteiger partial charge in [-0.25, -0.2) is 0 Å². The molecule has 0 aromatic heterocycles. The maximum absolute atomic E-state index is 12.6. The van der Waals surface area contributed by atoms with Crippen LogP contribution < -0.4 is 16.0 Å². The number of hydrogen-bond donors (Lipinski definition) is 3. The van der Waals surface area contributed by atoms with Crippen LogP contribution in [0.15, 0.2) is 4.99 Å². The van der Waals surface area contributed by atoms with Crippen LogP contribution in [0.5, 0.6) is 0 Å². The van der Waals surface area contributed by atoms with E-state index in [4.69, 9.17) is 0 Å². The summed E-state index contributed by atoms with van der Waals surface area (Å²) in [7, 11) is 3.62. The van der Waals surface area contributed by atoms with E-state index in [2.05, 4.69) is 20.9 Å². The molecule has 1 saturated carbocycles. The zero-order valence-electron chi connectivity index (χ0n) is 16.9. The van der Waals surface area contributed by atoms with Crippen LogP contribution in [-0.2, 0) is 9.59 Å². The Morgan fingerprint density at radius 2 is 1.65 bits per heavy atom. The number of carbonyl (C=O) groups is 2. The fourth-order valence-corrected chi connectivity index (χ4v) is 3.11. The van der Waals surface area contributed by atoms with Crippen molar-refractivity contribution in [1.29, 1.82) is 0 Å². The molecule has 8 heteroatoms. The number of amides is 2. The monoisotopic (exact) mass is 481 g/mol. The van der Waals surface area contributed by atoms with Crippen molar-refractivity contribution in [3.63, 3.8) is 0 Å². The molecule has 3 N–H and O–H groups in total. The number of nitrogens with one attached hydrogen (secondary N) is 3. The minimum atomic E-state index is -0.363. The minimum Gasteiger partial charge on any atom is -0.357 e. The molecular formula is C18H36IN5O2. The number of hydrogen-bond acceptors (Lipinski definition) is 3. The second kappa shape index (κ2) is 12.3. The molecule has 0 saturated heterocycles. The summed E-state index contributed by atoms with van der Waals surface area (Å²) in [6.07, 6.45) is 3.97. The van der Waals surface area contributed by atoms with Crippen molar-refractivity contribution in [3.05, 3.63) is 0 Å². The van der Waals surface area contributed by atoms with Crippen molar-refractivity contribution in [3.8, 4) is 0 Å². The van der Waals surface area contributed by atoms with E-state index < -0.39 is 0 Å². The van der Waals surface area contributed by atoms with E-state index in [0.29, 0.717) is 25.6 Å². The minimum absolute atomic E-state index is 0. The highest BCUT2D eigenvalue weighted by molar-refractivity contribution is 14.0. The molecule has 0 aliphatic heterocycles. The third kappa shape index (κ3) is 7.67. The summed E-state index contributed by atoms with van der Waals surface area (Å²) in [6.45, 7) is 8.14. The average Bonchev–Trinajstić information content (AvgIpc) is 3.05. The Balaban J connectivity index is 0.00000625. The fraction of sp³-hybridized carbons (Fsp3) is 0.833. The predicted molar refractivity (Wildman–Crippen MR) is 117 cm³/mol. The van der Waals surface area contributed by atoms with Gasteiger partial charge < -0.3 is 20.9 Å². The van der Waals surface area contributed by atoms with Crippen molar-refractivity contribution in [1.82, 2.24) is 20.9 Å². The maximum Gasteiger partial charge on any atom is 0.230 e. The summed E-state index contributed by atoms with van der Waals surface area (Å²) in [4.78, 5) is 30.5. The van der Waals surface area contributed by atoms with Crippen molar-refractivity contribution < 1.29 is 9.59 Å². The Hall–Kier alpha value is -1.06. The topological polar surface area (TPSA) is 85.8 Å². The largest absolute Gasteiger partial charge is 0.357 e. The fourth-order valence-electron chi connectivity index (χ4n) is 3.11. The smallest absolute Gasteiger partial charge is 0.230 e. The van der Waals surface area contributed by atoms with Gasteiger partial charge in [0.05, 0.1) is 12.0 Å². The van der Waals surface area contributed by atoms with Gasteiger partial charge in [0.1, 0.15) is 0 Å². The number of aliphatic imine (C=N–C) groups is 1. The zero-order valence-corrected chi connectivity index (χ0v) is 19.2. The Bertz CT molecular complexity index is 474. The quantitative estimate of drug-likeness (QED) is 0.213. The summed E-state index contributed by atoms with van der Waals surface area (Å²) in [5.74, 6) is 0.902. The van der Waals surface area contributed by atoms with Crippen LogP contribution in [0.25, 0.3) is 0 Å². The molecular weight excluding hydrogens is 445 g/mol. The molecule has 26 heavy (non-hydrogen) atoms. The average molecular weight is 481 g/mol. The highest BCUT2D eigenvalue weighted by Gasteiger charge is 2.41. The molecule has 1 rings (SSSR count). The van der Waals surface area contributed by atoms with E-state index in [1.807, 2.05) is 34.9 Å². The molecule has 152 valence electrons. The van der Waals surface area contributed by atoms with E-state index in [9.17, 15) is 9.59 Å². The summed E-state index contributed by atoms with van der Waals surface area (Å²) in [5.41, 5.74) is -0.363. The molecule has 0 heterocycles. The molecule has 0 atom stereocenters. The lowest BCUT2D eigenvalue weighted by atomic mass is 9.85. The lowest BCUT2D eigenvalue weighted by Crippen LogP contribution is -2.44. The van der Waals surface area contributed by atoms with Crippen LogP contribution in [0, 0.1) is 11.3 Å². The molecule has 1 aliphatic carbocycles. The Morgan fingerprint density at radius 1 is 1.08 bits per heavy atom. The number of rotatable bonds is 8. The van der Waals surface area contributed by atoms with Gasteiger partial charge in [-0.2, -0.15) is 0 Å². The van der Waals surface area contributed by atoms with Crippen molar-refractivity contribution in [2.75, 3.05) is 40.3 Å². The molecule has 0 aromatic rings. The molecule has 1 fully saturated rings. The third-order valence-electron chi connectivity index (χ3n) is 4.55. The normalized spacial score (nSPS) is 16.0. The number of carbonyl (C=O) groups excluding carboxylic acids is 2. The first kappa shape index (κ1) is 24.9. The van der Waals surface area contributed by atoms with Crippen LogP contribution in [0.1, 0.15) is 46.5 Å². The van der Waals surface area contributed by atoms with E-state index in [0.717, 1.165) is 32.2 Å². The highest BCUT2D eigenvalue weighted by Crippen LogP contribution is 2.39. The van der Waals surface area contributed by atoms with Crippen molar-refractivity contribution in [2.45, 2.75) is 46.5 Å². The van der Waals surface area contributed by atoms with Crippen LogP contribution >= 0.6 is 24.0 Å². The highest BCUT2D eigenvalue weighted by atomic mass is 127. The number of guanidine groups is 1. The Kier molecular flexibility index (Phi) is 11.8. The first-order valence-electron chi connectivity index (χ1n) is 9.34. The van der Waals surface area contributed by atoms with Gasteiger partial charge in [0.25, 0.3) is 0 Å². The van der Waals surface area contributed by atoms with Crippen molar-refractivity contribution in [2.24, 2.45) is 16.3 Å². The molecule has 0 radical (unpaired) electrons. The maximum atomic E-state index is 12.6. The van der Waals surface area contributed by atoms with Gasteiger partial charge in [-0.3, -0.25) is 14.6 Å². The summed E-state index contributed by atoms with van der Waals surface area (Å²) in [5, 5.41) is 9.30. The van der Waals surface area contributed by atoms with Crippen LogP contribution in [0.2, 0.25) is 0 Å². The summed E-state index contributed by atoms with van der Waals surface area (Å²) >= 11 is 0. The first-order valence-corrected chi connectivity index (χ1v) is 9.34. The van der Waals surface area contributed by atoms with Gasteiger partial charge in [0.2, 0.25) is 11.8 Å². The van der Waals surface area contributed by atoms with E-state index in [1.165, 1.54) is 0 Å². The summed E-state index contributed by atoms with van der Waals surface area (Å²) in [6, 6.07) is 0. The second-order valence-electron chi connectivity index (χ2n) is 7.25.